The molecule has 0 bridgehead atoms. The average molecular weight is 326 g/mol. The Morgan fingerprint density at radius 2 is 2.14 bits per heavy atom. The fourth-order valence-corrected chi connectivity index (χ4v) is 5.05. The molecule has 116 valence electrons. The first-order valence-corrected chi connectivity index (χ1v) is 8.85. The molecule has 6 heteroatoms. The van der Waals surface area contributed by atoms with E-state index in [0.29, 0.717) is 0 Å². The van der Waals surface area contributed by atoms with Gasteiger partial charge in [-0.3, -0.25) is 10.0 Å². The summed E-state index contributed by atoms with van der Waals surface area (Å²) in [6, 6.07) is 8.05. The number of benzene rings is 1. The van der Waals surface area contributed by atoms with Gasteiger partial charge in [-0.1, -0.05) is 19.1 Å². The minimum atomic E-state index is -0.364. The Labute approximate surface area is 134 Å². The summed E-state index contributed by atoms with van der Waals surface area (Å²) in [6.07, 6.45) is 1.02. The predicted octanol–water partition coefficient (Wildman–Crippen LogP) is 2.96. The van der Waals surface area contributed by atoms with Crippen LogP contribution in [0.1, 0.15) is 26.3 Å². The van der Waals surface area contributed by atoms with E-state index >= 15 is 0 Å². The summed E-state index contributed by atoms with van der Waals surface area (Å²) in [5.74, 6) is 0.632. The van der Waals surface area contributed by atoms with Crippen molar-refractivity contribution in [3.8, 4) is 0 Å². The van der Waals surface area contributed by atoms with Crippen molar-refractivity contribution in [1.82, 2.24) is 9.79 Å². The standard InChI is InChI=1S/C15H22N2O2S2/c1-4-11-5-7-12(8-6-11)21-17-9-10-20-15(2,3)13(17)14(18)16-19/h5-8,13,19H,4,9-10H2,1-3H3,(H,16,18). The van der Waals surface area contributed by atoms with Gasteiger partial charge in [0, 0.05) is 21.9 Å². The van der Waals surface area contributed by atoms with E-state index in [1.54, 1.807) is 23.7 Å². The van der Waals surface area contributed by atoms with Gasteiger partial charge in [-0.2, -0.15) is 11.8 Å². The highest BCUT2D eigenvalue weighted by Crippen LogP contribution is 2.40. The first kappa shape index (κ1) is 16.7. The summed E-state index contributed by atoms with van der Waals surface area (Å²) < 4.78 is 1.84. The minimum absolute atomic E-state index is 0.235. The van der Waals surface area contributed by atoms with Crippen molar-refractivity contribution < 1.29 is 10.0 Å². The Kier molecular flexibility index (Phi) is 5.60. The minimum Gasteiger partial charge on any atom is -0.289 e. The largest absolute Gasteiger partial charge is 0.289 e. The molecule has 1 aliphatic rings. The lowest BCUT2D eigenvalue weighted by atomic mass is 10.0. The molecule has 0 aliphatic carbocycles. The Balaban J connectivity index is 2.16. The molecule has 0 aromatic heterocycles. The van der Waals surface area contributed by atoms with E-state index in [4.69, 9.17) is 5.21 Å². The topological polar surface area (TPSA) is 52.6 Å². The number of thioether (sulfide) groups is 1. The van der Waals surface area contributed by atoms with E-state index in [2.05, 4.69) is 35.5 Å². The second kappa shape index (κ2) is 7.05. The maximum Gasteiger partial charge on any atom is 0.263 e. The summed E-state index contributed by atoms with van der Waals surface area (Å²) in [5.41, 5.74) is 3.12. The van der Waals surface area contributed by atoms with Crippen LogP contribution in [-0.2, 0) is 11.2 Å². The molecule has 1 aliphatic heterocycles. The molecule has 1 aromatic carbocycles. The number of hydrogen-bond acceptors (Lipinski definition) is 5. The quantitative estimate of drug-likeness (QED) is 0.506. The number of carbonyl (C=O) groups excluding carboxylic acids is 1. The summed E-state index contributed by atoms with van der Waals surface area (Å²) in [6.45, 7) is 7.04. The third-order valence-corrected chi connectivity index (χ3v) is 6.11. The van der Waals surface area contributed by atoms with Crippen LogP contribution in [0.2, 0.25) is 0 Å². The molecule has 1 saturated heterocycles. The number of aryl methyl sites for hydroxylation is 1. The van der Waals surface area contributed by atoms with Crippen molar-refractivity contribution in [1.29, 1.82) is 0 Å². The molecular weight excluding hydrogens is 304 g/mol. The van der Waals surface area contributed by atoms with Gasteiger partial charge in [-0.25, -0.2) is 9.79 Å². The number of hydroxylamine groups is 1. The molecule has 1 atom stereocenters. The van der Waals surface area contributed by atoms with Crippen LogP contribution in [0.5, 0.6) is 0 Å². The number of nitrogens with one attached hydrogen (secondary N) is 1. The molecule has 2 N–H and O–H groups in total. The lowest BCUT2D eigenvalue weighted by Gasteiger charge is -2.43. The second-order valence-corrected chi connectivity index (χ2v) is 8.43. The lowest BCUT2D eigenvalue weighted by Crippen LogP contribution is -2.57. The first-order chi connectivity index (χ1) is 9.97. The summed E-state index contributed by atoms with van der Waals surface area (Å²) in [4.78, 5) is 13.2. The van der Waals surface area contributed by atoms with Crippen LogP contribution in [0.3, 0.4) is 0 Å². The summed E-state index contributed by atoms with van der Waals surface area (Å²) >= 11 is 3.35. The number of amides is 1. The highest BCUT2D eigenvalue weighted by Gasteiger charge is 2.43. The maximum atomic E-state index is 12.1. The SMILES string of the molecule is CCc1ccc(SN2CCSC(C)(C)C2C(=O)NO)cc1. The van der Waals surface area contributed by atoms with E-state index in [1.807, 2.05) is 19.3 Å². The molecule has 1 heterocycles. The van der Waals surface area contributed by atoms with Crippen LogP contribution in [0.15, 0.2) is 29.2 Å². The van der Waals surface area contributed by atoms with Crippen molar-refractivity contribution in [2.75, 3.05) is 12.3 Å². The maximum absolute atomic E-state index is 12.1. The van der Waals surface area contributed by atoms with Crippen LogP contribution >= 0.6 is 23.7 Å². The van der Waals surface area contributed by atoms with Gasteiger partial charge in [0.1, 0.15) is 6.04 Å². The Morgan fingerprint density at radius 1 is 1.48 bits per heavy atom. The zero-order chi connectivity index (χ0) is 15.5. The van der Waals surface area contributed by atoms with Gasteiger partial charge in [0.25, 0.3) is 5.91 Å². The molecule has 0 spiro atoms. The first-order valence-electron chi connectivity index (χ1n) is 7.09. The van der Waals surface area contributed by atoms with Crippen LogP contribution in [-0.4, -0.2) is 38.5 Å². The lowest BCUT2D eigenvalue weighted by molar-refractivity contribution is -0.133. The molecule has 1 fully saturated rings. The Bertz CT molecular complexity index is 491. The van der Waals surface area contributed by atoms with Gasteiger partial charge in [-0.15, -0.1) is 0 Å². The van der Waals surface area contributed by atoms with Crippen LogP contribution in [0.4, 0.5) is 0 Å². The highest BCUT2D eigenvalue weighted by atomic mass is 32.2. The van der Waals surface area contributed by atoms with E-state index in [9.17, 15) is 4.79 Å². The third kappa shape index (κ3) is 3.94. The number of carbonyl (C=O) groups is 1. The fraction of sp³-hybridized carbons (Fsp3) is 0.533. The fourth-order valence-electron chi connectivity index (χ4n) is 2.48. The molecule has 1 unspecified atom stereocenters. The normalized spacial score (nSPS) is 22.0. The molecule has 1 amide bonds. The molecule has 0 radical (unpaired) electrons. The zero-order valence-corrected chi connectivity index (χ0v) is 14.3. The van der Waals surface area contributed by atoms with Gasteiger partial charge in [-0.05, 0) is 49.9 Å². The second-order valence-electron chi connectivity index (χ2n) is 5.56. The third-order valence-electron chi connectivity index (χ3n) is 3.65. The molecule has 2 rings (SSSR count). The molecule has 21 heavy (non-hydrogen) atoms. The van der Waals surface area contributed by atoms with Crippen LogP contribution in [0, 0.1) is 0 Å². The van der Waals surface area contributed by atoms with Crippen molar-refractivity contribution in [2.45, 2.75) is 42.9 Å². The van der Waals surface area contributed by atoms with Crippen LogP contribution < -0.4 is 5.48 Å². The molecule has 0 saturated carbocycles. The van der Waals surface area contributed by atoms with Gasteiger partial charge in [0.2, 0.25) is 0 Å². The van der Waals surface area contributed by atoms with Gasteiger partial charge in [0.15, 0.2) is 0 Å². The molecular formula is C15H22N2O2S2. The van der Waals surface area contributed by atoms with E-state index < -0.39 is 0 Å². The highest BCUT2D eigenvalue weighted by molar-refractivity contribution is 8.01. The smallest absolute Gasteiger partial charge is 0.263 e. The van der Waals surface area contributed by atoms with Crippen molar-refractivity contribution in [3.05, 3.63) is 29.8 Å². The Morgan fingerprint density at radius 3 is 2.71 bits per heavy atom. The van der Waals surface area contributed by atoms with Crippen molar-refractivity contribution in [3.63, 3.8) is 0 Å². The van der Waals surface area contributed by atoms with E-state index in [0.717, 1.165) is 23.6 Å². The van der Waals surface area contributed by atoms with Crippen LogP contribution in [0.25, 0.3) is 0 Å². The zero-order valence-electron chi connectivity index (χ0n) is 12.6. The summed E-state index contributed by atoms with van der Waals surface area (Å²) in [7, 11) is 0. The van der Waals surface area contributed by atoms with E-state index in [-0.39, 0.29) is 16.7 Å². The summed E-state index contributed by atoms with van der Waals surface area (Å²) in [5, 5.41) is 9.03. The van der Waals surface area contributed by atoms with Crippen molar-refractivity contribution >= 4 is 29.6 Å². The van der Waals surface area contributed by atoms with Gasteiger partial charge < -0.3 is 0 Å². The van der Waals surface area contributed by atoms with E-state index in [1.165, 1.54) is 5.56 Å². The molecule has 1 aromatic rings. The number of rotatable bonds is 4. The van der Waals surface area contributed by atoms with Crippen molar-refractivity contribution in [2.24, 2.45) is 0 Å². The van der Waals surface area contributed by atoms with Gasteiger partial charge in [0.05, 0.1) is 0 Å². The molecule has 4 nitrogen and oxygen atoms in total. The van der Waals surface area contributed by atoms with Gasteiger partial charge >= 0.3 is 0 Å². The average Bonchev–Trinajstić information content (AvgIpc) is 2.46. The number of hydrogen-bond donors (Lipinski definition) is 2. The number of nitrogens with zero attached hydrogens (tertiary/aromatic N) is 1. The Hall–Kier alpha value is -0.690. The monoisotopic (exact) mass is 326 g/mol. The predicted molar refractivity (Wildman–Crippen MR) is 88.6 cm³/mol.